The zero-order valence-electron chi connectivity index (χ0n) is 8.13. The summed E-state index contributed by atoms with van der Waals surface area (Å²) in [6.45, 7) is -1.31. The first-order valence-electron chi connectivity index (χ1n) is 4.39. The van der Waals surface area contributed by atoms with E-state index >= 15 is 0 Å². The van der Waals surface area contributed by atoms with Gasteiger partial charge in [0, 0.05) is 11.9 Å². The van der Waals surface area contributed by atoms with Gasteiger partial charge in [0.2, 0.25) is 0 Å². The average Bonchev–Trinajstić information content (AvgIpc) is 2.66. The number of amides is 1. The fourth-order valence-corrected chi connectivity index (χ4v) is 1.56. The number of furan rings is 1. The highest BCUT2D eigenvalue weighted by atomic mass is 79.9. The zero-order chi connectivity index (χ0) is 12.2. The Hall–Kier alpha value is -0.980. The Morgan fingerprint density at radius 3 is 2.62 bits per heavy atom. The molecule has 0 N–H and O–H groups in total. The third-order valence-electron chi connectivity index (χ3n) is 1.74. The molecule has 0 radical (unpaired) electrons. The van der Waals surface area contributed by atoms with Gasteiger partial charge in [0.1, 0.15) is 6.54 Å². The van der Waals surface area contributed by atoms with E-state index in [0.717, 1.165) is 0 Å². The zero-order valence-corrected chi connectivity index (χ0v) is 9.71. The molecule has 0 aromatic carbocycles. The number of alkyl halides is 4. The lowest BCUT2D eigenvalue weighted by Gasteiger charge is -2.21. The summed E-state index contributed by atoms with van der Waals surface area (Å²) in [5.74, 6) is -0.855. The molecule has 0 spiro atoms. The van der Waals surface area contributed by atoms with Crippen LogP contribution in [-0.2, 0) is 0 Å². The fraction of sp³-hybridized carbons (Fsp3) is 0.444. The summed E-state index contributed by atoms with van der Waals surface area (Å²) in [7, 11) is 0. The molecule has 0 aliphatic heterocycles. The van der Waals surface area contributed by atoms with E-state index in [9.17, 15) is 18.0 Å². The highest BCUT2D eigenvalue weighted by molar-refractivity contribution is 9.09. The summed E-state index contributed by atoms with van der Waals surface area (Å²) in [5, 5.41) is 0.273. The van der Waals surface area contributed by atoms with Gasteiger partial charge in [0.05, 0.1) is 6.26 Å². The van der Waals surface area contributed by atoms with Crippen LogP contribution in [0.5, 0.6) is 0 Å². The Morgan fingerprint density at radius 2 is 2.19 bits per heavy atom. The normalized spacial score (nSPS) is 11.5. The minimum atomic E-state index is -4.41. The van der Waals surface area contributed by atoms with Crippen molar-refractivity contribution in [3.05, 3.63) is 24.2 Å². The summed E-state index contributed by atoms with van der Waals surface area (Å²) in [6, 6.07) is 2.78. The molecule has 0 saturated heterocycles. The fourth-order valence-electron chi connectivity index (χ4n) is 1.13. The summed E-state index contributed by atoms with van der Waals surface area (Å²) in [6.07, 6.45) is -3.17. The molecule has 0 atom stereocenters. The highest BCUT2D eigenvalue weighted by Gasteiger charge is 2.33. The highest BCUT2D eigenvalue weighted by Crippen LogP contribution is 2.18. The molecule has 0 unspecified atom stereocenters. The number of hydrogen-bond acceptors (Lipinski definition) is 2. The van der Waals surface area contributed by atoms with Crippen LogP contribution in [0, 0.1) is 0 Å². The lowest BCUT2D eigenvalue weighted by atomic mass is 10.3. The van der Waals surface area contributed by atoms with Gasteiger partial charge < -0.3 is 9.32 Å². The van der Waals surface area contributed by atoms with Gasteiger partial charge in [-0.3, -0.25) is 4.79 Å². The molecule has 0 aliphatic carbocycles. The van der Waals surface area contributed by atoms with Crippen molar-refractivity contribution in [1.29, 1.82) is 0 Å². The number of carbonyl (C=O) groups is 1. The van der Waals surface area contributed by atoms with Crippen molar-refractivity contribution in [3.63, 3.8) is 0 Å². The summed E-state index contributed by atoms with van der Waals surface area (Å²) < 4.78 is 41.3. The summed E-state index contributed by atoms with van der Waals surface area (Å²) in [5.41, 5.74) is 0. The lowest BCUT2D eigenvalue weighted by Crippen LogP contribution is -2.39. The second kappa shape index (κ2) is 5.38. The van der Waals surface area contributed by atoms with Crippen molar-refractivity contribution in [1.82, 2.24) is 4.90 Å². The molecule has 1 amide bonds. The molecule has 90 valence electrons. The molecular formula is C9H9BrF3NO2. The minimum absolute atomic E-state index is 0.0287. The van der Waals surface area contributed by atoms with Gasteiger partial charge in [-0.05, 0) is 12.1 Å². The van der Waals surface area contributed by atoms with Gasteiger partial charge in [-0.1, -0.05) is 15.9 Å². The molecule has 0 fully saturated rings. The van der Waals surface area contributed by atoms with E-state index in [1.807, 2.05) is 0 Å². The lowest BCUT2D eigenvalue weighted by molar-refractivity contribution is -0.140. The first-order chi connectivity index (χ1) is 7.44. The van der Waals surface area contributed by atoms with Crippen molar-refractivity contribution in [2.75, 3.05) is 18.4 Å². The molecule has 1 aromatic rings. The van der Waals surface area contributed by atoms with E-state index in [1.54, 1.807) is 0 Å². The molecule has 0 saturated carbocycles. The molecule has 0 bridgehead atoms. The van der Waals surface area contributed by atoms with Crippen molar-refractivity contribution in [3.8, 4) is 0 Å². The molecule has 1 rings (SSSR count). The third-order valence-corrected chi connectivity index (χ3v) is 2.10. The van der Waals surface area contributed by atoms with E-state index in [4.69, 9.17) is 4.42 Å². The number of rotatable bonds is 4. The van der Waals surface area contributed by atoms with Gasteiger partial charge in [-0.15, -0.1) is 0 Å². The standard InChI is InChI=1S/C9H9BrF3NO2/c10-3-4-14(6-9(11,12)13)8(15)7-2-1-5-16-7/h1-2,5H,3-4,6H2. The van der Waals surface area contributed by atoms with Crippen LogP contribution in [0.1, 0.15) is 10.6 Å². The van der Waals surface area contributed by atoms with Crippen molar-refractivity contribution in [2.45, 2.75) is 6.18 Å². The maximum atomic E-state index is 12.2. The molecular weight excluding hydrogens is 291 g/mol. The van der Waals surface area contributed by atoms with E-state index in [-0.39, 0.29) is 17.6 Å². The van der Waals surface area contributed by atoms with Crippen LogP contribution in [0.2, 0.25) is 0 Å². The quantitative estimate of drug-likeness (QED) is 0.801. The van der Waals surface area contributed by atoms with Crippen molar-refractivity contribution < 1.29 is 22.4 Å². The Kier molecular flexibility index (Phi) is 4.40. The Balaban J connectivity index is 2.74. The average molecular weight is 300 g/mol. The summed E-state index contributed by atoms with van der Waals surface area (Å²) in [4.78, 5) is 12.3. The predicted molar refractivity (Wildman–Crippen MR) is 54.5 cm³/mol. The number of carbonyl (C=O) groups excluding carboxylic acids is 1. The maximum Gasteiger partial charge on any atom is 0.406 e. The molecule has 0 aliphatic rings. The molecule has 3 nitrogen and oxygen atoms in total. The third kappa shape index (κ3) is 3.88. The Labute approximate surface area is 98.3 Å². The van der Waals surface area contributed by atoms with Gasteiger partial charge in [-0.25, -0.2) is 0 Å². The second-order valence-corrected chi connectivity index (χ2v) is 3.80. The van der Waals surface area contributed by atoms with Crippen LogP contribution < -0.4 is 0 Å². The van der Waals surface area contributed by atoms with Crippen LogP contribution in [0.25, 0.3) is 0 Å². The Morgan fingerprint density at radius 1 is 1.50 bits per heavy atom. The van der Waals surface area contributed by atoms with Crippen LogP contribution in [0.15, 0.2) is 22.8 Å². The van der Waals surface area contributed by atoms with Crippen LogP contribution >= 0.6 is 15.9 Å². The van der Waals surface area contributed by atoms with Crippen LogP contribution in [-0.4, -0.2) is 35.4 Å². The van der Waals surface area contributed by atoms with Crippen LogP contribution in [0.3, 0.4) is 0 Å². The van der Waals surface area contributed by atoms with E-state index in [1.165, 1.54) is 18.4 Å². The molecule has 7 heteroatoms. The van der Waals surface area contributed by atoms with Gasteiger partial charge >= 0.3 is 6.18 Å². The minimum Gasteiger partial charge on any atom is -0.459 e. The molecule has 1 heterocycles. The van der Waals surface area contributed by atoms with Gasteiger partial charge in [0.25, 0.3) is 5.91 Å². The van der Waals surface area contributed by atoms with Crippen molar-refractivity contribution >= 4 is 21.8 Å². The number of halogens is 4. The number of hydrogen-bond donors (Lipinski definition) is 0. The maximum absolute atomic E-state index is 12.2. The van der Waals surface area contributed by atoms with Crippen molar-refractivity contribution in [2.24, 2.45) is 0 Å². The molecule has 1 aromatic heterocycles. The van der Waals surface area contributed by atoms with Crippen LogP contribution in [0.4, 0.5) is 13.2 Å². The predicted octanol–water partition coefficient (Wildman–Crippen LogP) is 2.68. The second-order valence-electron chi connectivity index (χ2n) is 3.01. The van der Waals surface area contributed by atoms with Gasteiger partial charge in [0.15, 0.2) is 5.76 Å². The smallest absolute Gasteiger partial charge is 0.406 e. The number of nitrogens with zero attached hydrogens (tertiary/aromatic N) is 1. The van der Waals surface area contributed by atoms with E-state index in [0.29, 0.717) is 4.90 Å². The topological polar surface area (TPSA) is 33.5 Å². The first-order valence-corrected chi connectivity index (χ1v) is 5.51. The summed E-state index contributed by atoms with van der Waals surface area (Å²) >= 11 is 3.00. The SMILES string of the molecule is O=C(c1ccco1)N(CCBr)CC(F)(F)F. The largest absolute Gasteiger partial charge is 0.459 e. The molecule has 16 heavy (non-hydrogen) atoms. The van der Waals surface area contributed by atoms with E-state index < -0.39 is 18.6 Å². The Bertz CT molecular complexity index is 337. The van der Waals surface area contributed by atoms with Gasteiger partial charge in [-0.2, -0.15) is 13.2 Å². The monoisotopic (exact) mass is 299 g/mol. The van der Waals surface area contributed by atoms with E-state index in [2.05, 4.69) is 15.9 Å². The first kappa shape index (κ1) is 13.1.